The molecule has 0 saturated carbocycles. The summed E-state index contributed by atoms with van der Waals surface area (Å²) in [4.78, 5) is 4.19. The molecule has 0 aliphatic carbocycles. The van der Waals surface area contributed by atoms with Gasteiger partial charge in [-0.15, -0.1) is 5.43 Å². The Morgan fingerprint density at radius 3 is 2.96 bits per heavy atom. The molecular weight excluding hydrogens is 338 g/mol. The molecule has 2 aromatic rings. The smallest absolute Gasteiger partial charge is 0.359 e. The average molecular weight is 357 g/mol. The van der Waals surface area contributed by atoms with Crippen LogP contribution in [0.5, 0.6) is 0 Å². The van der Waals surface area contributed by atoms with E-state index in [4.69, 9.17) is 0 Å². The van der Waals surface area contributed by atoms with E-state index in [0.29, 0.717) is 25.2 Å². The van der Waals surface area contributed by atoms with Crippen molar-refractivity contribution >= 4 is 32.8 Å². The van der Waals surface area contributed by atoms with Crippen molar-refractivity contribution in [3.8, 4) is 0 Å². The fraction of sp³-hybridized carbons (Fsp3) is 0.462. The minimum absolute atomic E-state index is 0.332. The summed E-state index contributed by atoms with van der Waals surface area (Å²) < 4.78 is 35.5. The van der Waals surface area contributed by atoms with Gasteiger partial charge in [-0.1, -0.05) is 16.4 Å². The summed E-state index contributed by atoms with van der Waals surface area (Å²) in [6, 6.07) is 0. The summed E-state index contributed by atoms with van der Waals surface area (Å²) in [5.41, 5.74) is 4.10. The lowest BCUT2D eigenvalue weighted by Gasteiger charge is -2.07. The minimum atomic E-state index is -4.13. The van der Waals surface area contributed by atoms with Gasteiger partial charge in [0.25, 0.3) is 0 Å². The predicted molar refractivity (Wildman–Crippen MR) is 87.5 cm³/mol. The van der Waals surface area contributed by atoms with E-state index in [2.05, 4.69) is 15.5 Å². The van der Waals surface area contributed by atoms with Crippen molar-refractivity contribution in [3.63, 3.8) is 0 Å². The van der Waals surface area contributed by atoms with Crippen LogP contribution in [0.3, 0.4) is 0 Å². The van der Waals surface area contributed by atoms with Crippen molar-refractivity contribution in [2.45, 2.75) is 26.3 Å². The van der Waals surface area contributed by atoms with Gasteiger partial charge < -0.3 is 9.12 Å². The fourth-order valence-electron chi connectivity index (χ4n) is 1.90. The van der Waals surface area contributed by atoms with E-state index in [0.717, 1.165) is 10.8 Å². The third-order valence-corrected chi connectivity index (χ3v) is 5.14. The van der Waals surface area contributed by atoms with Gasteiger partial charge in [0.15, 0.2) is 5.82 Å². The molecule has 0 atom stereocenters. The highest BCUT2D eigenvalue weighted by Gasteiger charge is 2.09. The molecule has 0 radical (unpaired) electrons. The second-order valence-electron chi connectivity index (χ2n) is 5.06. The Kier molecular flexibility index (Phi) is 5.85. The van der Waals surface area contributed by atoms with Gasteiger partial charge in [0.2, 0.25) is 0 Å². The molecule has 2 aromatic heterocycles. The van der Waals surface area contributed by atoms with Crippen molar-refractivity contribution in [2.24, 2.45) is 12.1 Å². The molecule has 0 aromatic carbocycles. The van der Waals surface area contributed by atoms with Crippen LogP contribution < -0.4 is 9.99 Å². The molecule has 2 rings (SSSR count). The van der Waals surface area contributed by atoms with Crippen molar-refractivity contribution in [3.05, 3.63) is 29.3 Å². The number of aryl methyl sites for hydroxylation is 2. The first-order valence-electron chi connectivity index (χ1n) is 7.05. The fourth-order valence-corrected chi connectivity index (χ4v) is 3.31. The van der Waals surface area contributed by atoms with Gasteiger partial charge in [-0.2, -0.15) is 0 Å². The van der Waals surface area contributed by atoms with Crippen LogP contribution in [0.15, 0.2) is 22.9 Å². The van der Waals surface area contributed by atoms with Crippen LogP contribution >= 0.6 is 11.3 Å². The van der Waals surface area contributed by atoms with Crippen LogP contribution in [0.2, 0.25) is 0 Å². The number of hydrogen-bond acceptors (Lipinski definition) is 7. The van der Waals surface area contributed by atoms with Crippen LogP contribution in [0.4, 0.5) is 5.13 Å². The summed E-state index contributed by atoms with van der Waals surface area (Å²) in [5, 5.41) is 7.12. The largest absolute Gasteiger partial charge is 0.748 e. The maximum absolute atomic E-state index is 10.6. The Balaban J connectivity index is 1.88. The van der Waals surface area contributed by atoms with Gasteiger partial charge in [-0.25, -0.2) is 18.0 Å². The van der Waals surface area contributed by atoms with Gasteiger partial charge in [0.05, 0.1) is 17.2 Å². The molecule has 0 saturated heterocycles. The minimum Gasteiger partial charge on any atom is -0.748 e. The Bertz CT molecular complexity index is 779. The molecule has 23 heavy (non-hydrogen) atoms. The molecule has 1 N–H and O–H groups in total. The summed E-state index contributed by atoms with van der Waals surface area (Å²) in [6.07, 6.45) is 5.98. The van der Waals surface area contributed by atoms with Crippen LogP contribution in [0.25, 0.3) is 0 Å². The average Bonchev–Trinajstić information content (AvgIpc) is 3.04. The summed E-state index contributed by atoms with van der Waals surface area (Å²) in [7, 11) is -2.18. The van der Waals surface area contributed by atoms with E-state index < -0.39 is 10.1 Å². The third-order valence-electron chi connectivity index (χ3n) is 3.31. The van der Waals surface area contributed by atoms with E-state index in [9.17, 15) is 13.0 Å². The molecule has 8 nitrogen and oxygen atoms in total. The molecule has 0 fully saturated rings. The molecule has 126 valence electrons. The van der Waals surface area contributed by atoms with Crippen LogP contribution in [-0.2, 0) is 23.7 Å². The van der Waals surface area contributed by atoms with Gasteiger partial charge in [-0.05, 0) is 19.8 Å². The maximum Gasteiger partial charge on any atom is 0.359 e. The molecular formula is C13H19N5O3S2. The van der Waals surface area contributed by atoms with Crippen molar-refractivity contribution in [1.29, 1.82) is 0 Å². The Labute approximate surface area is 139 Å². The Morgan fingerprint density at radius 2 is 2.30 bits per heavy atom. The topological polar surface area (TPSA) is 103 Å². The lowest BCUT2D eigenvalue weighted by Crippen LogP contribution is -2.31. The van der Waals surface area contributed by atoms with E-state index in [-0.39, 0.29) is 5.75 Å². The van der Waals surface area contributed by atoms with Gasteiger partial charge >= 0.3 is 5.13 Å². The highest BCUT2D eigenvalue weighted by Crippen LogP contribution is 2.11. The quantitative estimate of drug-likeness (QED) is 0.248. The number of rotatable bonds is 8. The normalized spacial score (nSPS) is 12.1. The third kappa shape index (κ3) is 5.41. The van der Waals surface area contributed by atoms with Crippen LogP contribution in [0, 0.1) is 6.92 Å². The lowest BCUT2D eigenvalue weighted by atomic mass is 10.3. The molecule has 0 spiro atoms. The number of thiazole rings is 1. The molecule has 0 aliphatic heterocycles. The maximum atomic E-state index is 10.6. The number of nitrogens with zero attached hydrogens (tertiary/aromatic N) is 4. The van der Waals surface area contributed by atoms with Crippen molar-refractivity contribution in [2.75, 3.05) is 11.2 Å². The molecule has 0 bridgehead atoms. The van der Waals surface area contributed by atoms with Crippen LogP contribution in [-0.4, -0.2) is 34.5 Å². The number of aromatic nitrogens is 3. The first-order valence-corrected chi connectivity index (χ1v) is 9.50. The zero-order valence-electron chi connectivity index (χ0n) is 13.0. The summed E-state index contributed by atoms with van der Waals surface area (Å²) >= 11 is 1.56. The van der Waals surface area contributed by atoms with E-state index in [1.54, 1.807) is 29.9 Å². The van der Waals surface area contributed by atoms with Crippen LogP contribution in [0.1, 0.15) is 24.4 Å². The standard InChI is InChI=1S/C13H19N5O3S2/c1-11-10-22-13(17(11)2)16-15-9-12-14-5-7-18(12)6-3-4-8-23(19,20)21/h5,7,9-10H,3-4,6,8H2,1-2H3,(H,19,20,21)/b15-9+. The molecule has 10 heteroatoms. The lowest BCUT2D eigenvalue weighted by molar-refractivity contribution is -0.659. The zero-order valence-corrected chi connectivity index (χ0v) is 14.6. The second-order valence-corrected chi connectivity index (χ2v) is 7.44. The van der Waals surface area contributed by atoms with Gasteiger partial charge in [-0.3, -0.25) is 0 Å². The van der Waals surface area contributed by atoms with Crippen molar-refractivity contribution in [1.82, 2.24) is 9.55 Å². The number of anilines is 1. The van der Waals surface area contributed by atoms with Gasteiger partial charge in [0, 0.05) is 30.1 Å². The SMILES string of the molecule is Cc1csc(N/N=C/c2nccn2CCCCS(=O)(=O)[O-])[n+]1C. The second kappa shape index (κ2) is 7.66. The number of nitrogens with one attached hydrogen (secondary N) is 1. The zero-order chi connectivity index (χ0) is 16.9. The molecule has 0 amide bonds. The Hall–Kier alpha value is -1.78. The van der Waals surface area contributed by atoms with E-state index >= 15 is 0 Å². The predicted octanol–water partition coefficient (Wildman–Crippen LogP) is 0.849. The highest BCUT2D eigenvalue weighted by molar-refractivity contribution is 7.85. The number of imidazole rings is 1. The molecule has 2 heterocycles. The molecule has 0 unspecified atom stereocenters. The highest BCUT2D eigenvalue weighted by atomic mass is 32.2. The Morgan fingerprint density at radius 1 is 1.52 bits per heavy atom. The number of hydrogen-bond donors (Lipinski definition) is 1. The summed E-state index contributed by atoms with van der Waals surface area (Å²) in [6.45, 7) is 2.60. The molecule has 0 aliphatic rings. The number of hydrazone groups is 1. The first-order chi connectivity index (χ1) is 10.9. The van der Waals surface area contributed by atoms with E-state index in [1.807, 2.05) is 28.5 Å². The van der Waals surface area contributed by atoms with Gasteiger partial charge in [0.1, 0.15) is 11.9 Å². The van der Waals surface area contributed by atoms with E-state index in [1.165, 1.54) is 0 Å². The monoisotopic (exact) mass is 357 g/mol. The number of unbranched alkanes of at least 4 members (excludes halogenated alkanes) is 1. The first kappa shape index (κ1) is 17.6. The summed E-state index contributed by atoms with van der Waals surface area (Å²) in [5.74, 6) is 0.333. The van der Waals surface area contributed by atoms with Crippen molar-refractivity contribution < 1.29 is 17.5 Å².